The van der Waals surface area contributed by atoms with Crippen molar-refractivity contribution < 1.29 is 18.8 Å². The minimum atomic E-state index is -0.459. The first-order valence-corrected chi connectivity index (χ1v) is 6.58. The van der Waals surface area contributed by atoms with Crippen molar-refractivity contribution in [2.24, 2.45) is 7.05 Å². The largest absolute Gasteiger partial charge is 0.490 e. The Labute approximate surface area is 126 Å². The van der Waals surface area contributed by atoms with Crippen molar-refractivity contribution >= 4 is 11.8 Å². The highest BCUT2D eigenvalue weighted by Crippen LogP contribution is 2.18. The van der Waals surface area contributed by atoms with Crippen LogP contribution in [-0.4, -0.2) is 36.0 Å². The number of aryl methyl sites for hydroxylation is 2. The molecule has 0 fully saturated rings. The number of hydrogen-bond acceptors (Lipinski definition) is 6. The lowest BCUT2D eigenvalue weighted by atomic mass is 10.2. The summed E-state index contributed by atoms with van der Waals surface area (Å²) < 4.78 is 16.5. The number of amides is 1. The van der Waals surface area contributed by atoms with Gasteiger partial charge in [0.05, 0.1) is 17.9 Å². The van der Waals surface area contributed by atoms with E-state index in [9.17, 15) is 9.59 Å². The number of carbonyl (C=O) groups excluding carboxylic acids is 1. The highest BCUT2D eigenvalue weighted by molar-refractivity contribution is 6.05. The molecule has 0 aliphatic carbocycles. The van der Waals surface area contributed by atoms with E-state index in [0.29, 0.717) is 12.3 Å². The Balaban J connectivity index is 2.25. The van der Waals surface area contributed by atoms with E-state index in [-0.39, 0.29) is 29.4 Å². The van der Waals surface area contributed by atoms with Crippen molar-refractivity contribution in [1.82, 2.24) is 9.72 Å². The lowest BCUT2D eigenvalue weighted by Gasteiger charge is -2.11. The average Bonchev–Trinajstić information content (AvgIpc) is 2.87. The number of methoxy groups -OCH3 is 1. The minimum Gasteiger partial charge on any atom is -0.490 e. The number of hydrogen-bond donors (Lipinski definition) is 1. The zero-order valence-corrected chi connectivity index (χ0v) is 12.6. The van der Waals surface area contributed by atoms with E-state index < -0.39 is 5.91 Å². The molecule has 2 heterocycles. The van der Waals surface area contributed by atoms with Crippen LogP contribution >= 0.6 is 0 Å². The number of anilines is 1. The van der Waals surface area contributed by atoms with Crippen LogP contribution in [-0.2, 0) is 11.8 Å². The first-order chi connectivity index (χ1) is 10.5. The van der Waals surface area contributed by atoms with Crippen LogP contribution in [0.4, 0.5) is 5.88 Å². The van der Waals surface area contributed by atoms with E-state index in [1.807, 2.05) is 0 Å². The Morgan fingerprint density at radius 3 is 2.82 bits per heavy atom. The number of carbonyl (C=O) groups is 1. The van der Waals surface area contributed by atoms with Gasteiger partial charge in [0.15, 0.2) is 0 Å². The first-order valence-electron chi connectivity index (χ1n) is 6.58. The summed E-state index contributed by atoms with van der Waals surface area (Å²) in [7, 11) is 3.09. The molecule has 2 aromatic heterocycles. The van der Waals surface area contributed by atoms with Crippen LogP contribution in [0, 0.1) is 6.92 Å². The molecule has 0 bridgehead atoms. The molecule has 8 nitrogen and oxygen atoms in total. The molecule has 0 aliphatic heterocycles. The van der Waals surface area contributed by atoms with Crippen LogP contribution in [0.15, 0.2) is 27.6 Å². The van der Waals surface area contributed by atoms with Gasteiger partial charge in [-0.1, -0.05) is 5.16 Å². The molecule has 0 atom stereocenters. The quantitative estimate of drug-likeness (QED) is 0.799. The molecule has 1 amide bonds. The standard InChI is InChI=1S/C14H17N3O5/c1-9-6-12(22-16-9)15-14(19)10-8-17(2)13(18)7-11(10)21-5-4-20-3/h6-8H,4-5H2,1-3H3,(H,15,19). The maximum absolute atomic E-state index is 12.3. The Morgan fingerprint density at radius 1 is 1.41 bits per heavy atom. The molecule has 2 rings (SSSR count). The van der Waals surface area contributed by atoms with Gasteiger partial charge in [0.25, 0.3) is 11.5 Å². The lowest BCUT2D eigenvalue weighted by molar-refractivity contribution is 0.101. The Kier molecular flexibility index (Phi) is 4.95. The minimum absolute atomic E-state index is 0.189. The van der Waals surface area contributed by atoms with Gasteiger partial charge in [-0.05, 0) is 6.92 Å². The van der Waals surface area contributed by atoms with Gasteiger partial charge in [-0.3, -0.25) is 14.9 Å². The molecule has 0 unspecified atom stereocenters. The molecule has 8 heteroatoms. The summed E-state index contributed by atoms with van der Waals surface area (Å²) in [6, 6.07) is 2.85. The summed E-state index contributed by atoms with van der Waals surface area (Å²) in [6.45, 7) is 2.31. The average molecular weight is 307 g/mol. The molecule has 118 valence electrons. The fourth-order valence-corrected chi connectivity index (χ4v) is 1.74. The van der Waals surface area contributed by atoms with Crippen molar-refractivity contribution in [3.8, 4) is 5.75 Å². The molecule has 0 saturated carbocycles. The maximum atomic E-state index is 12.3. The second kappa shape index (κ2) is 6.90. The number of rotatable bonds is 6. The molecule has 0 aromatic carbocycles. The zero-order valence-electron chi connectivity index (χ0n) is 12.6. The van der Waals surface area contributed by atoms with Crippen LogP contribution < -0.4 is 15.6 Å². The van der Waals surface area contributed by atoms with Crippen LogP contribution in [0.5, 0.6) is 5.75 Å². The molecule has 0 saturated heterocycles. The van der Waals surface area contributed by atoms with Crippen LogP contribution in [0.25, 0.3) is 0 Å². The third-order valence-electron chi connectivity index (χ3n) is 2.84. The Bertz CT molecular complexity index is 720. The van der Waals surface area contributed by atoms with Gasteiger partial charge in [0.2, 0.25) is 5.88 Å². The molecule has 0 aliphatic rings. The number of nitrogens with one attached hydrogen (secondary N) is 1. The van der Waals surface area contributed by atoms with Crippen LogP contribution in [0.2, 0.25) is 0 Å². The van der Waals surface area contributed by atoms with E-state index in [0.717, 1.165) is 0 Å². The molecular weight excluding hydrogens is 290 g/mol. The molecular formula is C14H17N3O5. The predicted molar refractivity (Wildman–Crippen MR) is 78.2 cm³/mol. The number of aromatic nitrogens is 2. The SMILES string of the molecule is COCCOc1cc(=O)n(C)cc1C(=O)Nc1cc(C)no1. The van der Waals surface area contributed by atoms with Gasteiger partial charge in [-0.15, -0.1) is 0 Å². The highest BCUT2D eigenvalue weighted by Gasteiger charge is 2.16. The van der Waals surface area contributed by atoms with E-state index >= 15 is 0 Å². The highest BCUT2D eigenvalue weighted by atomic mass is 16.5. The van der Waals surface area contributed by atoms with E-state index in [4.69, 9.17) is 14.0 Å². The van der Waals surface area contributed by atoms with Crippen molar-refractivity contribution in [1.29, 1.82) is 0 Å². The van der Waals surface area contributed by atoms with Gasteiger partial charge < -0.3 is 18.6 Å². The number of pyridine rings is 1. The summed E-state index contributed by atoms with van der Waals surface area (Å²) in [6.07, 6.45) is 1.41. The summed E-state index contributed by atoms with van der Waals surface area (Å²) >= 11 is 0. The van der Waals surface area contributed by atoms with E-state index in [1.54, 1.807) is 20.0 Å². The summed E-state index contributed by atoms with van der Waals surface area (Å²) in [5.74, 6) is -0.0488. The molecule has 1 N–H and O–H groups in total. The second-order valence-electron chi connectivity index (χ2n) is 4.63. The molecule has 22 heavy (non-hydrogen) atoms. The second-order valence-corrected chi connectivity index (χ2v) is 4.63. The zero-order chi connectivity index (χ0) is 16.1. The van der Waals surface area contributed by atoms with Crippen molar-refractivity contribution in [2.75, 3.05) is 25.6 Å². The lowest BCUT2D eigenvalue weighted by Crippen LogP contribution is -2.22. The fraction of sp³-hybridized carbons (Fsp3) is 0.357. The Morgan fingerprint density at radius 2 is 2.18 bits per heavy atom. The van der Waals surface area contributed by atoms with E-state index in [2.05, 4.69) is 10.5 Å². The van der Waals surface area contributed by atoms with Crippen molar-refractivity contribution in [3.63, 3.8) is 0 Å². The number of ether oxygens (including phenoxy) is 2. The van der Waals surface area contributed by atoms with Crippen LogP contribution in [0.3, 0.4) is 0 Å². The third kappa shape index (κ3) is 3.73. The Hall–Kier alpha value is -2.61. The summed E-state index contributed by atoms with van der Waals surface area (Å²) in [5.41, 5.74) is 0.582. The molecule has 0 spiro atoms. The van der Waals surface area contributed by atoms with Gasteiger partial charge in [-0.2, -0.15) is 0 Å². The van der Waals surface area contributed by atoms with Crippen LogP contribution in [0.1, 0.15) is 16.1 Å². The number of nitrogens with zero attached hydrogens (tertiary/aromatic N) is 2. The third-order valence-corrected chi connectivity index (χ3v) is 2.84. The summed E-state index contributed by atoms with van der Waals surface area (Å²) in [5, 5.41) is 6.25. The first kappa shape index (κ1) is 15.8. The van der Waals surface area contributed by atoms with Gasteiger partial charge >= 0.3 is 0 Å². The van der Waals surface area contributed by atoms with Crippen molar-refractivity contribution in [2.45, 2.75) is 6.92 Å². The topological polar surface area (TPSA) is 95.6 Å². The smallest absolute Gasteiger partial charge is 0.263 e. The normalized spacial score (nSPS) is 10.5. The summed E-state index contributed by atoms with van der Waals surface area (Å²) in [4.78, 5) is 24.0. The molecule has 2 aromatic rings. The van der Waals surface area contributed by atoms with Gasteiger partial charge in [-0.25, -0.2) is 0 Å². The van der Waals surface area contributed by atoms with E-state index in [1.165, 1.54) is 23.9 Å². The molecule has 0 radical (unpaired) electrons. The fourth-order valence-electron chi connectivity index (χ4n) is 1.74. The van der Waals surface area contributed by atoms with Gasteiger partial charge in [0.1, 0.15) is 12.4 Å². The monoisotopic (exact) mass is 307 g/mol. The maximum Gasteiger partial charge on any atom is 0.263 e. The predicted octanol–water partition coefficient (Wildman–Crippen LogP) is 0.959. The van der Waals surface area contributed by atoms with Gasteiger partial charge in [0, 0.05) is 32.5 Å². The van der Waals surface area contributed by atoms with Crippen molar-refractivity contribution in [3.05, 3.63) is 39.9 Å².